The van der Waals surface area contributed by atoms with Crippen LogP contribution in [0.1, 0.15) is 10.4 Å². The average molecular weight is 289 g/mol. The predicted molar refractivity (Wildman–Crippen MR) is 65.7 cm³/mol. The lowest BCUT2D eigenvalue weighted by atomic mass is 10.2. The third-order valence-electron chi connectivity index (χ3n) is 2.24. The minimum atomic E-state index is -4.34. The number of nitrogens with zero attached hydrogens (tertiary/aromatic N) is 1. The van der Waals surface area contributed by atoms with Crippen LogP contribution in [0.5, 0.6) is 5.75 Å². The molecule has 0 bridgehead atoms. The zero-order valence-electron chi connectivity index (χ0n) is 9.57. The fourth-order valence-electron chi connectivity index (χ4n) is 1.34. The van der Waals surface area contributed by atoms with Crippen LogP contribution in [0.25, 0.3) is 0 Å². The molecule has 1 aromatic heterocycles. The number of alkyl halides is 3. The molecule has 0 amide bonds. The Hall–Kier alpha value is -1.80. The molecule has 19 heavy (non-hydrogen) atoms. The highest BCUT2D eigenvalue weighted by Crippen LogP contribution is 2.30. The molecule has 8 heteroatoms. The lowest BCUT2D eigenvalue weighted by Gasteiger charge is -2.08. The summed E-state index contributed by atoms with van der Waals surface area (Å²) >= 11 is 1.31. The number of benzene rings is 1. The van der Waals surface area contributed by atoms with Crippen molar-refractivity contribution < 1.29 is 17.9 Å². The van der Waals surface area contributed by atoms with Crippen LogP contribution in [0.15, 0.2) is 30.5 Å². The predicted octanol–water partition coefficient (Wildman–Crippen LogP) is 3.03. The van der Waals surface area contributed by atoms with Crippen molar-refractivity contribution in [2.45, 2.75) is 12.8 Å². The molecular weight excluding hydrogens is 279 g/mol. The molecule has 0 saturated heterocycles. The fraction of sp³-hybridized carbons (Fsp3) is 0.182. The molecule has 0 saturated carbocycles. The summed E-state index contributed by atoms with van der Waals surface area (Å²) < 4.78 is 42.4. The van der Waals surface area contributed by atoms with Crippen molar-refractivity contribution >= 4 is 16.5 Å². The van der Waals surface area contributed by atoms with Crippen LogP contribution in [0.4, 0.5) is 18.3 Å². The number of nitrogen functional groups attached to an aromatic ring is 1. The van der Waals surface area contributed by atoms with Gasteiger partial charge in [0.05, 0.1) is 10.4 Å². The first-order chi connectivity index (χ1) is 8.99. The van der Waals surface area contributed by atoms with E-state index < -0.39 is 11.7 Å². The Morgan fingerprint density at radius 2 is 1.95 bits per heavy atom. The van der Waals surface area contributed by atoms with E-state index in [0.717, 1.165) is 17.0 Å². The first kappa shape index (κ1) is 13.6. The van der Waals surface area contributed by atoms with Crippen LogP contribution in [0.2, 0.25) is 0 Å². The molecule has 0 aliphatic rings. The van der Waals surface area contributed by atoms with E-state index in [0.29, 0.717) is 10.9 Å². The number of anilines is 1. The number of halogens is 3. The van der Waals surface area contributed by atoms with Crippen LogP contribution in [0.3, 0.4) is 0 Å². The number of hydrazine groups is 1. The van der Waals surface area contributed by atoms with Crippen molar-refractivity contribution in [2.24, 2.45) is 5.84 Å². The topological polar surface area (TPSA) is 60.2 Å². The largest absolute Gasteiger partial charge is 0.488 e. The monoisotopic (exact) mass is 289 g/mol. The molecule has 102 valence electrons. The zero-order valence-corrected chi connectivity index (χ0v) is 10.4. The molecule has 2 rings (SSSR count). The highest BCUT2D eigenvalue weighted by Gasteiger charge is 2.29. The van der Waals surface area contributed by atoms with E-state index in [9.17, 15) is 13.2 Å². The van der Waals surface area contributed by atoms with Crippen molar-refractivity contribution in [3.63, 3.8) is 0 Å². The quantitative estimate of drug-likeness (QED) is 0.671. The van der Waals surface area contributed by atoms with E-state index >= 15 is 0 Å². The number of nitrogens with one attached hydrogen (secondary N) is 1. The number of hydrogen-bond donors (Lipinski definition) is 2. The molecule has 0 unspecified atom stereocenters. The molecule has 0 fully saturated rings. The standard InChI is InChI=1S/C11H10F3N3OS/c12-11(13,14)7-1-3-8(4-2-7)18-6-9-5-16-10(17-15)19-9/h1-5H,6,15H2,(H,16,17). The van der Waals surface area contributed by atoms with Gasteiger partial charge in [-0.3, -0.25) is 5.43 Å². The lowest BCUT2D eigenvalue weighted by Crippen LogP contribution is -2.05. The number of ether oxygens (including phenoxy) is 1. The van der Waals surface area contributed by atoms with E-state index in [1.807, 2.05) is 0 Å². The second-order valence-corrected chi connectivity index (χ2v) is 4.70. The van der Waals surface area contributed by atoms with Gasteiger partial charge in [-0.1, -0.05) is 11.3 Å². The van der Waals surface area contributed by atoms with Crippen LogP contribution >= 0.6 is 11.3 Å². The Morgan fingerprint density at radius 3 is 2.47 bits per heavy atom. The summed E-state index contributed by atoms with van der Waals surface area (Å²) in [4.78, 5) is 4.76. The maximum atomic E-state index is 12.3. The number of thiazole rings is 1. The number of hydrogen-bond acceptors (Lipinski definition) is 5. The Bertz CT molecular complexity index is 539. The Labute approximate surface area is 111 Å². The third-order valence-corrected chi connectivity index (χ3v) is 3.14. The fourth-order valence-corrected chi connectivity index (χ4v) is 1.97. The number of nitrogens with two attached hydrogens (primary N) is 1. The van der Waals surface area contributed by atoms with Crippen molar-refractivity contribution in [2.75, 3.05) is 5.43 Å². The maximum absolute atomic E-state index is 12.3. The van der Waals surface area contributed by atoms with E-state index in [4.69, 9.17) is 10.6 Å². The van der Waals surface area contributed by atoms with E-state index in [2.05, 4.69) is 10.4 Å². The van der Waals surface area contributed by atoms with Crippen molar-refractivity contribution in [3.8, 4) is 5.75 Å². The van der Waals surface area contributed by atoms with Gasteiger partial charge >= 0.3 is 6.18 Å². The third kappa shape index (κ3) is 3.58. The summed E-state index contributed by atoms with van der Waals surface area (Å²) in [6, 6.07) is 4.53. The summed E-state index contributed by atoms with van der Waals surface area (Å²) in [5.41, 5.74) is 1.69. The van der Waals surface area contributed by atoms with Crippen molar-refractivity contribution in [1.82, 2.24) is 4.98 Å². The van der Waals surface area contributed by atoms with Gasteiger partial charge < -0.3 is 4.74 Å². The van der Waals surface area contributed by atoms with Crippen molar-refractivity contribution in [1.29, 1.82) is 0 Å². The minimum Gasteiger partial charge on any atom is -0.488 e. The highest BCUT2D eigenvalue weighted by atomic mass is 32.1. The Balaban J connectivity index is 1.96. The van der Waals surface area contributed by atoms with Gasteiger partial charge in [0.25, 0.3) is 0 Å². The van der Waals surface area contributed by atoms with Crippen LogP contribution in [0, 0.1) is 0 Å². The zero-order chi connectivity index (χ0) is 13.9. The average Bonchev–Trinajstić information content (AvgIpc) is 2.84. The highest BCUT2D eigenvalue weighted by molar-refractivity contribution is 7.15. The van der Waals surface area contributed by atoms with Crippen LogP contribution in [-0.2, 0) is 12.8 Å². The van der Waals surface area contributed by atoms with Gasteiger partial charge in [-0.2, -0.15) is 13.2 Å². The van der Waals surface area contributed by atoms with Gasteiger partial charge in [0, 0.05) is 6.20 Å². The summed E-state index contributed by atoms with van der Waals surface area (Å²) in [7, 11) is 0. The molecule has 1 heterocycles. The Kier molecular flexibility index (Phi) is 3.91. The van der Waals surface area contributed by atoms with Gasteiger partial charge in [0.15, 0.2) is 5.13 Å². The maximum Gasteiger partial charge on any atom is 0.416 e. The van der Waals surface area contributed by atoms with Crippen molar-refractivity contribution in [3.05, 3.63) is 40.9 Å². The summed E-state index contributed by atoms with van der Waals surface area (Å²) in [5.74, 6) is 5.54. The molecule has 2 aromatic rings. The molecular formula is C11H10F3N3OS. The smallest absolute Gasteiger partial charge is 0.416 e. The van der Waals surface area contributed by atoms with Gasteiger partial charge in [-0.05, 0) is 24.3 Å². The molecule has 4 nitrogen and oxygen atoms in total. The first-order valence-corrected chi connectivity index (χ1v) is 6.02. The van der Waals surface area contributed by atoms with E-state index in [-0.39, 0.29) is 6.61 Å². The first-order valence-electron chi connectivity index (χ1n) is 5.20. The van der Waals surface area contributed by atoms with Gasteiger partial charge in [0.2, 0.25) is 0 Å². The molecule has 1 aromatic carbocycles. The summed E-state index contributed by atoms with van der Waals surface area (Å²) in [6.07, 6.45) is -2.75. The molecule has 3 N–H and O–H groups in total. The number of rotatable bonds is 4. The second-order valence-electron chi connectivity index (χ2n) is 3.59. The van der Waals surface area contributed by atoms with Crippen LogP contribution in [-0.4, -0.2) is 4.98 Å². The van der Waals surface area contributed by atoms with E-state index in [1.54, 1.807) is 6.20 Å². The second kappa shape index (κ2) is 5.45. The normalized spacial score (nSPS) is 11.4. The summed E-state index contributed by atoms with van der Waals surface area (Å²) in [6.45, 7) is 0.227. The van der Waals surface area contributed by atoms with Gasteiger partial charge in [-0.15, -0.1) is 0 Å². The molecule has 0 radical (unpaired) electrons. The van der Waals surface area contributed by atoms with Crippen LogP contribution < -0.4 is 16.0 Å². The molecule has 0 spiro atoms. The van der Waals surface area contributed by atoms with Gasteiger partial charge in [-0.25, -0.2) is 10.8 Å². The Morgan fingerprint density at radius 1 is 1.26 bits per heavy atom. The minimum absolute atomic E-state index is 0.227. The lowest BCUT2D eigenvalue weighted by molar-refractivity contribution is -0.137. The molecule has 0 atom stereocenters. The molecule has 0 aliphatic heterocycles. The van der Waals surface area contributed by atoms with Gasteiger partial charge in [0.1, 0.15) is 12.4 Å². The number of aromatic nitrogens is 1. The van der Waals surface area contributed by atoms with E-state index in [1.165, 1.54) is 23.5 Å². The molecule has 0 aliphatic carbocycles. The SMILES string of the molecule is NNc1ncc(COc2ccc(C(F)(F)F)cc2)s1. The summed E-state index contributed by atoms with van der Waals surface area (Å²) in [5, 5.41) is 0.547.